The Kier molecular flexibility index (Phi) is 4.71. The Morgan fingerprint density at radius 2 is 1.86 bits per heavy atom. The van der Waals surface area contributed by atoms with Crippen molar-refractivity contribution in [2.75, 3.05) is 13.1 Å². The number of nitrogens with zero attached hydrogens (tertiary/aromatic N) is 1. The molecule has 1 saturated carbocycles. The number of hydrogen-bond donors (Lipinski definition) is 1. The van der Waals surface area contributed by atoms with Crippen LogP contribution in [0.1, 0.15) is 32.3 Å². The Morgan fingerprint density at radius 3 is 2.29 bits per heavy atom. The average molecular weight is 354 g/mol. The number of aliphatic carboxylic acids is 1. The van der Waals surface area contributed by atoms with E-state index >= 15 is 0 Å². The van der Waals surface area contributed by atoms with E-state index in [2.05, 4.69) is 15.9 Å². The van der Waals surface area contributed by atoms with Crippen molar-refractivity contribution < 1.29 is 14.7 Å². The van der Waals surface area contributed by atoms with Gasteiger partial charge in [0.1, 0.15) is 6.54 Å². The van der Waals surface area contributed by atoms with E-state index < -0.39 is 11.4 Å². The van der Waals surface area contributed by atoms with Crippen LogP contribution in [0.5, 0.6) is 0 Å². The van der Waals surface area contributed by atoms with Crippen molar-refractivity contribution in [1.82, 2.24) is 4.90 Å². The summed E-state index contributed by atoms with van der Waals surface area (Å²) in [5.74, 6) is -0.773. The summed E-state index contributed by atoms with van der Waals surface area (Å²) in [5, 5.41) is 9.04. The van der Waals surface area contributed by atoms with Crippen molar-refractivity contribution in [3.05, 3.63) is 34.3 Å². The number of benzene rings is 1. The van der Waals surface area contributed by atoms with Gasteiger partial charge in [-0.05, 0) is 36.5 Å². The second-order valence-electron chi connectivity index (χ2n) is 6.06. The van der Waals surface area contributed by atoms with Crippen molar-refractivity contribution in [2.45, 2.75) is 32.1 Å². The maximum Gasteiger partial charge on any atom is 0.323 e. The minimum absolute atomic E-state index is 0.0547. The highest BCUT2D eigenvalue weighted by atomic mass is 79.9. The molecule has 4 nitrogen and oxygen atoms in total. The lowest BCUT2D eigenvalue weighted by Crippen LogP contribution is -2.44. The van der Waals surface area contributed by atoms with Gasteiger partial charge in [0, 0.05) is 11.0 Å². The summed E-state index contributed by atoms with van der Waals surface area (Å²) in [6.07, 6.45) is 1.59. The van der Waals surface area contributed by atoms with Crippen molar-refractivity contribution in [3.63, 3.8) is 0 Å². The van der Waals surface area contributed by atoms with E-state index in [1.165, 1.54) is 4.90 Å². The molecule has 21 heavy (non-hydrogen) atoms. The Hall–Kier alpha value is -1.36. The molecule has 0 radical (unpaired) electrons. The second kappa shape index (κ2) is 6.18. The zero-order valence-electron chi connectivity index (χ0n) is 12.3. The van der Waals surface area contributed by atoms with Gasteiger partial charge < -0.3 is 10.0 Å². The lowest BCUT2D eigenvalue weighted by atomic mass is 9.94. The molecule has 1 aromatic rings. The number of amides is 1. The van der Waals surface area contributed by atoms with Crippen LogP contribution in [0, 0.1) is 5.92 Å². The number of carboxylic acid groups (broad SMARTS) is 1. The summed E-state index contributed by atoms with van der Waals surface area (Å²) in [7, 11) is 0. The molecule has 1 fully saturated rings. The van der Waals surface area contributed by atoms with Gasteiger partial charge >= 0.3 is 5.97 Å². The topological polar surface area (TPSA) is 57.6 Å². The Morgan fingerprint density at radius 1 is 1.29 bits per heavy atom. The number of carbonyl (C=O) groups excluding carboxylic acids is 1. The highest BCUT2D eigenvalue weighted by Gasteiger charge is 2.53. The minimum Gasteiger partial charge on any atom is -0.480 e. The van der Waals surface area contributed by atoms with Crippen molar-refractivity contribution in [2.24, 2.45) is 5.92 Å². The SMILES string of the molecule is CC(C)CN(CC(=O)O)C(=O)C1(c2ccc(Br)cc2)CC1. The van der Waals surface area contributed by atoms with Gasteiger partial charge in [0.05, 0.1) is 5.41 Å². The van der Waals surface area contributed by atoms with Gasteiger partial charge in [-0.1, -0.05) is 41.9 Å². The van der Waals surface area contributed by atoms with Crippen LogP contribution in [0.4, 0.5) is 0 Å². The van der Waals surface area contributed by atoms with Crippen LogP contribution in [0.15, 0.2) is 28.7 Å². The number of halogens is 1. The molecule has 0 spiro atoms. The van der Waals surface area contributed by atoms with Crippen LogP contribution < -0.4 is 0 Å². The van der Waals surface area contributed by atoms with E-state index in [1.807, 2.05) is 38.1 Å². The summed E-state index contributed by atoms with van der Waals surface area (Å²) in [6.45, 7) is 4.22. The number of carbonyl (C=O) groups is 2. The van der Waals surface area contributed by atoms with Gasteiger partial charge in [-0.25, -0.2) is 0 Å². The van der Waals surface area contributed by atoms with E-state index in [9.17, 15) is 9.59 Å². The number of rotatable bonds is 6. The van der Waals surface area contributed by atoms with Gasteiger partial charge in [-0.3, -0.25) is 9.59 Å². The van der Waals surface area contributed by atoms with Crippen LogP contribution in [0.25, 0.3) is 0 Å². The molecule has 0 aromatic heterocycles. The predicted molar refractivity (Wildman–Crippen MR) is 84.1 cm³/mol. The van der Waals surface area contributed by atoms with E-state index in [-0.39, 0.29) is 18.4 Å². The van der Waals surface area contributed by atoms with E-state index in [4.69, 9.17) is 5.11 Å². The van der Waals surface area contributed by atoms with Crippen molar-refractivity contribution in [3.8, 4) is 0 Å². The third-order valence-electron chi connectivity index (χ3n) is 3.76. The molecule has 0 saturated heterocycles. The molecule has 114 valence electrons. The van der Waals surface area contributed by atoms with Crippen molar-refractivity contribution >= 4 is 27.8 Å². The molecule has 1 aromatic carbocycles. The predicted octanol–water partition coefficient (Wildman–Crippen LogP) is 3.05. The maximum atomic E-state index is 12.8. The molecule has 5 heteroatoms. The standard InChI is InChI=1S/C16H20BrNO3/c1-11(2)9-18(10-14(19)20)15(21)16(7-8-16)12-3-5-13(17)6-4-12/h3-6,11H,7-10H2,1-2H3,(H,19,20). The molecular formula is C16H20BrNO3. The van der Waals surface area contributed by atoms with Crippen LogP contribution >= 0.6 is 15.9 Å². The lowest BCUT2D eigenvalue weighted by Gasteiger charge is -2.27. The quantitative estimate of drug-likeness (QED) is 0.854. The Bertz CT molecular complexity index is 535. The first-order valence-electron chi connectivity index (χ1n) is 7.12. The first-order chi connectivity index (χ1) is 9.85. The minimum atomic E-state index is -0.962. The maximum absolute atomic E-state index is 12.8. The second-order valence-corrected chi connectivity index (χ2v) is 6.98. The summed E-state index contributed by atoms with van der Waals surface area (Å²) >= 11 is 3.39. The summed E-state index contributed by atoms with van der Waals surface area (Å²) in [4.78, 5) is 25.3. The monoisotopic (exact) mass is 353 g/mol. The van der Waals surface area contributed by atoms with Crippen LogP contribution in [-0.2, 0) is 15.0 Å². The molecule has 1 aliphatic rings. The highest BCUT2D eigenvalue weighted by Crippen LogP contribution is 2.49. The zero-order valence-corrected chi connectivity index (χ0v) is 13.9. The van der Waals surface area contributed by atoms with Gasteiger partial charge in [0.2, 0.25) is 5.91 Å². The van der Waals surface area contributed by atoms with E-state index in [0.29, 0.717) is 6.54 Å². The first kappa shape index (κ1) is 16.0. The molecule has 0 bridgehead atoms. The van der Waals surface area contributed by atoms with E-state index in [0.717, 1.165) is 22.9 Å². The van der Waals surface area contributed by atoms with Gasteiger partial charge in [0.25, 0.3) is 0 Å². The fraction of sp³-hybridized carbons (Fsp3) is 0.500. The number of carboxylic acids is 1. The van der Waals surface area contributed by atoms with Crippen LogP contribution in [0.2, 0.25) is 0 Å². The Labute approximate surface area is 133 Å². The molecule has 0 aliphatic heterocycles. The molecule has 0 unspecified atom stereocenters. The fourth-order valence-electron chi connectivity index (χ4n) is 2.65. The van der Waals surface area contributed by atoms with Gasteiger partial charge in [-0.2, -0.15) is 0 Å². The smallest absolute Gasteiger partial charge is 0.323 e. The van der Waals surface area contributed by atoms with Gasteiger partial charge in [-0.15, -0.1) is 0 Å². The molecule has 1 N–H and O–H groups in total. The molecule has 2 rings (SSSR count). The van der Waals surface area contributed by atoms with Crippen molar-refractivity contribution in [1.29, 1.82) is 0 Å². The number of hydrogen-bond acceptors (Lipinski definition) is 2. The third-order valence-corrected chi connectivity index (χ3v) is 4.28. The largest absolute Gasteiger partial charge is 0.480 e. The normalized spacial score (nSPS) is 15.8. The average Bonchev–Trinajstić information content (AvgIpc) is 3.18. The molecule has 1 amide bonds. The zero-order chi connectivity index (χ0) is 15.6. The fourth-order valence-corrected chi connectivity index (χ4v) is 2.91. The molecule has 1 aliphatic carbocycles. The molecule has 0 atom stereocenters. The summed E-state index contributed by atoms with van der Waals surface area (Å²) < 4.78 is 0.971. The van der Waals surface area contributed by atoms with Crippen LogP contribution in [0.3, 0.4) is 0 Å². The van der Waals surface area contributed by atoms with Gasteiger partial charge in [0.15, 0.2) is 0 Å². The molecular weight excluding hydrogens is 334 g/mol. The third kappa shape index (κ3) is 3.64. The lowest BCUT2D eigenvalue weighted by molar-refractivity contribution is -0.146. The summed E-state index contributed by atoms with van der Waals surface area (Å²) in [6, 6.07) is 7.74. The van der Waals surface area contributed by atoms with E-state index in [1.54, 1.807) is 0 Å². The molecule has 0 heterocycles. The summed E-state index contributed by atoms with van der Waals surface area (Å²) in [5.41, 5.74) is 0.472. The highest BCUT2D eigenvalue weighted by molar-refractivity contribution is 9.10. The van der Waals surface area contributed by atoms with Crippen LogP contribution in [-0.4, -0.2) is 35.0 Å². The Balaban J connectivity index is 2.22. The first-order valence-corrected chi connectivity index (χ1v) is 7.91.